The van der Waals surface area contributed by atoms with Gasteiger partial charge in [-0.2, -0.15) is 0 Å². The van der Waals surface area contributed by atoms with Crippen LogP contribution in [-0.2, 0) is 0 Å². The Labute approximate surface area is 190 Å². The second kappa shape index (κ2) is 11.3. The average molecular weight is 411 g/mol. The smallest absolute Gasteiger partial charge is 0.0184 e. The summed E-state index contributed by atoms with van der Waals surface area (Å²) < 4.78 is 0. The van der Waals surface area contributed by atoms with E-state index in [9.17, 15) is 0 Å². The van der Waals surface area contributed by atoms with E-state index in [1.54, 1.807) is 0 Å². The van der Waals surface area contributed by atoms with E-state index in [4.69, 9.17) is 0 Å². The highest BCUT2D eigenvalue weighted by Crippen LogP contribution is 2.17. The average Bonchev–Trinajstić information content (AvgIpc) is 2.91. The van der Waals surface area contributed by atoms with Gasteiger partial charge in [0.15, 0.2) is 0 Å². The molecule has 0 radical (unpaired) electrons. The molecule has 0 N–H and O–H groups in total. The Morgan fingerprint density at radius 1 is 0.188 bits per heavy atom. The van der Waals surface area contributed by atoms with Crippen molar-refractivity contribution >= 4 is 21.5 Å². The molecule has 0 aromatic heterocycles. The number of hydrogen-bond donors (Lipinski definition) is 0. The zero-order valence-corrected chi connectivity index (χ0v) is 18.0. The highest BCUT2D eigenvalue weighted by Gasteiger charge is 1.92. The van der Waals surface area contributed by atoms with Crippen LogP contribution in [0, 0.1) is 0 Å². The van der Waals surface area contributed by atoms with Crippen LogP contribution in [0.5, 0.6) is 0 Å². The standard InChI is InChI=1S/C12H10.2C10H8/c1-3-7-11(8-4-1)12-9-5-2-6-10-12;2*1-2-6-10-8-4-3-7-9(10)5-1/h1-10H;2*1-8H. The Kier molecular flexibility index (Phi) is 7.44. The minimum absolute atomic E-state index is 1.28. The van der Waals surface area contributed by atoms with Gasteiger partial charge in [-0.15, -0.1) is 0 Å². The van der Waals surface area contributed by atoms with Crippen LogP contribution in [0.15, 0.2) is 158 Å². The zero-order valence-electron chi connectivity index (χ0n) is 18.0. The molecule has 154 valence electrons. The molecule has 32 heavy (non-hydrogen) atoms. The summed E-state index contributed by atoms with van der Waals surface area (Å²) in [6.07, 6.45) is 0. The maximum atomic E-state index is 2.12. The van der Waals surface area contributed by atoms with Gasteiger partial charge in [-0.05, 0) is 32.7 Å². The topological polar surface area (TPSA) is 0 Å². The van der Waals surface area contributed by atoms with Crippen molar-refractivity contribution in [2.75, 3.05) is 0 Å². The molecule has 0 fully saturated rings. The van der Waals surface area contributed by atoms with Gasteiger partial charge in [0.2, 0.25) is 0 Å². The van der Waals surface area contributed by atoms with Crippen molar-refractivity contribution in [1.29, 1.82) is 0 Å². The second-order valence-corrected chi connectivity index (χ2v) is 7.43. The largest absolute Gasteiger partial charge is 0.0622 e. The molecular weight excluding hydrogens is 384 g/mol. The van der Waals surface area contributed by atoms with Crippen LogP contribution in [0.2, 0.25) is 0 Å². The number of rotatable bonds is 1. The molecule has 0 heterocycles. The summed E-state index contributed by atoms with van der Waals surface area (Å²) in [6, 6.07) is 54.2. The summed E-state index contributed by atoms with van der Waals surface area (Å²) in [5.41, 5.74) is 2.55. The van der Waals surface area contributed by atoms with Gasteiger partial charge >= 0.3 is 0 Å². The first-order chi connectivity index (χ1) is 15.9. The molecule has 0 aliphatic heterocycles. The maximum absolute atomic E-state index is 2.12. The van der Waals surface area contributed by atoms with Crippen LogP contribution >= 0.6 is 0 Å². The van der Waals surface area contributed by atoms with Crippen molar-refractivity contribution in [3.05, 3.63) is 158 Å². The third-order valence-electron chi connectivity index (χ3n) is 5.20. The SMILES string of the molecule is c1ccc(-c2ccccc2)cc1.c1ccc2ccccc2c1.c1ccc2ccccc2c1. The van der Waals surface area contributed by atoms with Crippen LogP contribution in [0.1, 0.15) is 0 Å². The number of benzene rings is 6. The van der Waals surface area contributed by atoms with Gasteiger partial charge in [0.05, 0.1) is 0 Å². The van der Waals surface area contributed by atoms with E-state index in [0.717, 1.165) is 0 Å². The molecule has 6 aromatic rings. The molecule has 0 bridgehead atoms. The van der Waals surface area contributed by atoms with Crippen molar-refractivity contribution in [2.45, 2.75) is 0 Å². The number of hydrogen-bond acceptors (Lipinski definition) is 0. The third kappa shape index (κ3) is 5.93. The lowest BCUT2D eigenvalue weighted by molar-refractivity contribution is 1.62. The van der Waals surface area contributed by atoms with Crippen LogP contribution in [0.25, 0.3) is 32.7 Å². The van der Waals surface area contributed by atoms with E-state index in [0.29, 0.717) is 0 Å². The van der Waals surface area contributed by atoms with E-state index in [2.05, 4.69) is 146 Å². The molecule has 6 rings (SSSR count). The van der Waals surface area contributed by atoms with Crippen LogP contribution in [0.3, 0.4) is 0 Å². The van der Waals surface area contributed by atoms with Crippen molar-refractivity contribution in [3.8, 4) is 11.1 Å². The van der Waals surface area contributed by atoms with Gasteiger partial charge in [0.1, 0.15) is 0 Å². The minimum atomic E-state index is 1.28. The van der Waals surface area contributed by atoms with Crippen molar-refractivity contribution in [3.63, 3.8) is 0 Å². The molecule has 0 saturated heterocycles. The molecule has 0 amide bonds. The molecule has 0 spiro atoms. The summed E-state index contributed by atoms with van der Waals surface area (Å²) in [5.74, 6) is 0. The first kappa shape index (κ1) is 21.1. The fraction of sp³-hybridized carbons (Fsp3) is 0. The van der Waals surface area contributed by atoms with E-state index < -0.39 is 0 Å². The fourth-order valence-electron chi connectivity index (χ4n) is 3.53. The third-order valence-corrected chi connectivity index (χ3v) is 5.20. The molecule has 0 nitrogen and oxygen atoms in total. The molecule has 0 heteroatoms. The summed E-state index contributed by atoms with van der Waals surface area (Å²) in [6.45, 7) is 0. The van der Waals surface area contributed by atoms with Gasteiger partial charge in [-0.1, -0.05) is 158 Å². The Hall–Kier alpha value is -4.16. The van der Waals surface area contributed by atoms with Gasteiger partial charge < -0.3 is 0 Å². The van der Waals surface area contributed by atoms with Gasteiger partial charge in [-0.3, -0.25) is 0 Å². The first-order valence-corrected chi connectivity index (χ1v) is 10.9. The molecular formula is C32H26. The summed E-state index contributed by atoms with van der Waals surface area (Å²) in [5, 5.41) is 5.24. The van der Waals surface area contributed by atoms with E-state index in [-0.39, 0.29) is 0 Å². The van der Waals surface area contributed by atoms with Crippen LogP contribution < -0.4 is 0 Å². The monoisotopic (exact) mass is 410 g/mol. The minimum Gasteiger partial charge on any atom is -0.0622 e. The number of fused-ring (bicyclic) bond motifs is 2. The Balaban J connectivity index is 0.000000115. The zero-order chi connectivity index (χ0) is 21.8. The second-order valence-electron chi connectivity index (χ2n) is 7.43. The molecule has 0 unspecified atom stereocenters. The lowest BCUT2D eigenvalue weighted by atomic mass is 10.1. The van der Waals surface area contributed by atoms with Crippen molar-refractivity contribution in [1.82, 2.24) is 0 Å². The lowest BCUT2D eigenvalue weighted by Crippen LogP contribution is -1.73. The van der Waals surface area contributed by atoms with Crippen LogP contribution in [0.4, 0.5) is 0 Å². The Bertz CT molecular complexity index is 1110. The molecule has 6 aromatic carbocycles. The maximum Gasteiger partial charge on any atom is -0.0184 e. The predicted octanol–water partition coefficient (Wildman–Crippen LogP) is 9.03. The molecule has 0 aliphatic carbocycles. The van der Waals surface area contributed by atoms with E-state index in [1.807, 2.05) is 12.1 Å². The fourth-order valence-corrected chi connectivity index (χ4v) is 3.53. The Morgan fingerprint density at radius 2 is 0.375 bits per heavy atom. The molecule has 0 atom stereocenters. The van der Waals surface area contributed by atoms with E-state index in [1.165, 1.54) is 32.7 Å². The van der Waals surface area contributed by atoms with Gasteiger partial charge in [-0.25, -0.2) is 0 Å². The molecule has 0 aliphatic rings. The lowest BCUT2D eigenvalue weighted by Gasteiger charge is -1.98. The first-order valence-electron chi connectivity index (χ1n) is 10.9. The van der Waals surface area contributed by atoms with Crippen molar-refractivity contribution in [2.24, 2.45) is 0 Å². The van der Waals surface area contributed by atoms with Crippen molar-refractivity contribution < 1.29 is 0 Å². The predicted molar refractivity (Wildman–Crippen MR) is 140 cm³/mol. The highest BCUT2D eigenvalue weighted by molar-refractivity contribution is 5.82. The summed E-state index contributed by atoms with van der Waals surface area (Å²) in [4.78, 5) is 0. The quantitative estimate of drug-likeness (QED) is 0.254. The van der Waals surface area contributed by atoms with Crippen LogP contribution in [-0.4, -0.2) is 0 Å². The molecule has 0 saturated carbocycles. The highest BCUT2D eigenvalue weighted by atomic mass is 14.0. The summed E-state index contributed by atoms with van der Waals surface area (Å²) >= 11 is 0. The summed E-state index contributed by atoms with van der Waals surface area (Å²) in [7, 11) is 0. The van der Waals surface area contributed by atoms with E-state index >= 15 is 0 Å². The Morgan fingerprint density at radius 3 is 0.594 bits per heavy atom. The van der Waals surface area contributed by atoms with Gasteiger partial charge in [0.25, 0.3) is 0 Å². The normalized spacial score (nSPS) is 9.88. The van der Waals surface area contributed by atoms with Gasteiger partial charge in [0, 0.05) is 0 Å².